The molecule has 1 atom stereocenters. The average molecular weight is 326 g/mol. The summed E-state index contributed by atoms with van der Waals surface area (Å²) in [5, 5.41) is 11.3. The van der Waals surface area contributed by atoms with Crippen molar-refractivity contribution in [2.24, 2.45) is 0 Å². The second-order valence-corrected chi connectivity index (χ2v) is 5.85. The summed E-state index contributed by atoms with van der Waals surface area (Å²) in [5.74, 6) is 0. The maximum atomic E-state index is 10.6. The Labute approximate surface area is 121 Å². The van der Waals surface area contributed by atoms with Gasteiger partial charge in [0.25, 0.3) is 0 Å². The number of halogens is 2. The highest BCUT2D eigenvalue weighted by atomic mass is 79.9. The Morgan fingerprint density at radius 2 is 1.72 bits per heavy atom. The van der Waals surface area contributed by atoms with E-state index >= 15 is 0 Å². The molecule has 94 valence electrons. The molecule has 0 aliphatic rings. The Morgan fingerprint density at radius 1 is 1.11 bits per heavy atom. The highest BCUT2D eigenvalue weighted by Crippen LogP contribution is 2.31. The zero-order chi connectivity index (χ0) is 13.2. The van der Waals surface area contributed by atoms with E-state index in [4.69, 9.17) is 11.6 Å². The van der Waals surface area contributed by atoms with E-state index in [1.165, 1.54) is 0 Å². The predicted octanol–water partition coefficient (Wildman–Crippen LogP) is 4.55. The van der Waals surface area contributed by atoms with Gasteiger partial charge >= 0.3 is 0 Å². The van der Waals surface area contributed by atoms with Gasteiger partial charge in [0.05, 0.1) is 5.60 Å². The average Bonchev–Trinajstić information content (AvgIpc) is 2.32. The number of rotatable bonds is 3. The van der Waals surface area contributed by atoms with Crippen LogP contribution >= 0.6 is 27.5 Å². The summed E-state index contributed by atoms with van der Waals surface area (Å²) in [7, 11) is 0. The van der Waals surface area contributed by atoms with Crippen LogP contribution in [-0.4, -0.2) is 5.11 Å². The van der Waals surface area contributed by atoms with Crippen LogP contribution in [0.4, 0.5) is 0 Å². The zero-order valence-corrected chi connectivity index (χ0v) is 12.4. The van der Waals surface area contributed by atoms with Gasteiger partial charge in [0.1, 0.15) is 0 Å². The standard InChI is InChI=1S/C15H14BrClO/c1-15(18,13-4-2-3-5-14(13)16)10-11-6-8-12(17)9-7-11/h2-9,18H,10H2,1H3. The summed E-state index contributed by atoms with van der Waals surface area (Å²) in [6.07, 6.45) is 0.548. The molecule has 0 saturated carbocycles. The largest absolute Gasteiger partial charge is 0.385 e. The Balaban J connectivity index is 2.27. The molecule has 0 aromatic heterocycles. The molecule has 0 radical (unpaired) electrons. The van der Waals surface area contributed by atoms with Crippen molar-refractivity contribution in [3.05, 3.63) is 69.2 Å². The highest BCUT2D eigenvalue weighted by Gasteiger charge is 2.25. The smallest absolute Gasteiger partial charge is 0.0919 e. The fourth-order valence-electron chi connectivity index (χ4n) is 1.99. The molecular weight excluding hydrogens is 312 g/mol. The maximum Gasteiger partial charge on any atom is 0.0919 e. The Bertz CT molecular complexity index is 534. The molecule has 2 aromatic rings. The van der Waals surface area contributed by atoms with Gasteiger partial charge in [-0.05, 0) is 36.2 Å². The Hall–Kier alpha value is -0.830. The van der Waals surface area contributed by atoms with Gasteiger partial charge in [0, 0.05) is 15.9 Å². The molecule has 0 spiro atoms. The van der Waals surface area contributed by atoms with Gasteiger partial charge < -0.3 is 5.11 Å². The summed E-state index contributed by atoms with van der Waals surface area (Å²) < 4.78 is 0.920. The first-order valence-electron chi connectivity index (χ1n) is 5.71. The number of aliphatic hydroxyl groups is 1. The van der Waals surface area contributed by atoms with Crippen LogP contribution in [0.3, 0.4) is 0 Å². The molecule has 0 heterocycles. The summed E-state index contributed by atoms with van der Waals surface area (Å²) >= 11 is 9.33. The van der Waals surface area contributed by atoms with Crippen LogP contribution in [0.25, 0.3) is 0 Å². The topological polar surface area (TPSA) is 20.2 Å². The second-order valence-electron chi connectivity index (χ2n) is 4.56. The summed E-state index contributed by atoms with van der Waals surface area (Å²) in [6, 6.07) is 15.3. The summed E-state index contributed by atoms with van der Waals surface area (Å²) in [5.41, 5.74) is 1.04. The van der Waals surface area contributed by atoms with Gasteiger partial charge in [-0.2, -0.15) is 0 Å². The van der Waals surface area contributed by atoms with Crippen molar-refractivity contribution in [2.75, 3.05) is 0 Å². The van der Waals surface area contributed by atoms with Crippen LogP contribution in [0.5, 0.6) is 0 Å². The van der Waals surface area contributed by atoms with E-state index < -0.39 is 5.60 Å². The van der Waals surface area contributed by atoms with E-state index in [0.29, 0.717) is 11.4 Å². The van der Waals surface area contributed by atoms with Crippen LogP contribution in [0, 0.1) is 0 Å². The third kappa shape index (κ3) is 3.14. The molecule has 1 unspecified atom stereocenters. The van der Waals surface area contributed by atoms with Crippen molar-refractivity contribution >= 4 is 27.5 Å². The number of hydrogen-bond acceptors (Lipinski definition) is 1. The van der Waals surface area contributed by atoms with E-state index in [1.54, 1.807) is 0 Å². The summed E-state index contributed by atoms with van der Waals surface area (Å²) in [6.45, 7) is 1.82. The first kappa shape index (κ1) is 13.6. The molecule has 2 aromatic carbocycles. The SMILES string of the molecule is CC(O)(Cc1ccc(Cl)cc1)c1ccccc1Br. The lowest BCUT2D eigenvalue weighted by molar-refractivity contribution is 0.0569. The monoisotopic (exact) mass is 324 g/mol. The van der Waals surface area contributed by atoms with Crippen LogP contribution < -0.4 is 0 Å². The normalized spacial score (nSPS) is 14.2. The third-order valence-electron chi connectivity index (χ3n) is 2.92. The molecule has 0 amide bonds. The van der Waals surface area contributed by atoms with Gasteiger partial charge in [-0.3, -0.25) is 0 Å². The molecule has 2 rings (SSSR count). The molecule has 3 heteroatoms. The van der Waals surface area contributed by atoms with E-state index in [-0.39, 0.29) is 0 Å². The van der Waals surface area contributed by atoms with Crippen LogP contribution in [0.15, 0.2) is 53.0 Å². The van der Waals surface area contributed by atoms with E-state index in [1.807, 2.05) is 55.5 Å². The van der Waals surface area contributed by atoms with Crippen molar-refractivity contribution in [3.8, 4) is 0 Å². The number of hydrogen-bond donors (Lipinski definition) is 1. The molecular formula is C15H14BrClO. The highest BCUT2D eigenvalue weighted by molar-refractivity contribution is 9.10. The fraction of sp³-hybridized carbons (Fsp3) is 0.200. The lowest BCUT2D eigenvalue weighted by Gasteiger charge is -2.25. The zero-order valence-electron chi connectivity index (χ0n) is 10.0. The van der Waals surface area contributed by atoms with Gasteiger partial charge in [-0.25, -0.2) is 0 Å². The van der Waals surface area contributed by atoms with Crippen molar-refractivity contribution in [1.82, 2.24) is 0 Å². The van der Waals surface area contributed by atoms with Crippen LogP contribution in [0.2, 0.25) is 5.02 Å². The Kier molecular flexibility index (Phi) is 4.10. The van der Waals surface area contributed by atoms with E-state index in [0.717, 1.165) is 15.6 Å². The lowest BCUT2D eigenvalue weighted by atomic mass is 9.89. The van der Waals surface area contributed by atoms with E-state index in [9.17, 15) is 5.11 Å². The van der Waals surface area contributed by atoms with Crippen molar-refractivity contribution in [2.45, 2.75) is 18.9 Å². The molecule has 18 heavy (non-hydrogen) atoms. The van der Waals surface area contributed by atoms with Gasteiger partial charge in [-0.1, -0.05) is 57.9 Å². The minimum atomic E-state index is -0.909. The van der Waals surface area contributed by atoms with Crippen molar-refractivity contribution < 1.29 is 5.11 Å². The first-order valence-corrected chi connectivity index (χ1v) is 6.88. The molecule has 0 aliphatic carbocycles. The minimum Gasteiger partial charge on any atom is -0.385 e. The summed E-state index contributed by atoms with van der Waals surface area (Å²) in [4.78, 5) is 0. The number of benzene rings is 2. The van der Waals surface area contributed by atoms with Crippen LogP contribution in [0.1, 0.15) is 18.1 Å². The molecule has 0 aliphatic heterocycles. The van der Waals surface area contributed by atoms with Crippen molar-refractivity contribution in [3.63, 3.8) is 0 Å². The molecule has 0 fully saturated rings. The van der Waals surface area contributed by atoms with Gasteiger partial charge in [0.15, 0.2) is 0 Å². The predicted molar refractivity (Wildman–Crippen MR) is 78.9 cm³/mol. The van der Waals surface area contributed by atoms with Gasteiger partial charge in [0.2, 0.25) is 0 Å². The maximum absolute atomic E-state index is 10.6. The minimum absolute atomic E-state index is 0.548. The molecule has 0 bridgehead atoms. The second kappa shape index (κ2) is 5.43. The Morgan fingerprint density at radius 3 is 2.33 bits per heavy atom. The third-order valence-corrected chi connectivity index (χ3v) is 3.86. The van der Waals surface area contributed by atoms with Crippen molar-refractivity contribution in [1.29, 1.82) is 0 Å². The first-order chi connectivity index (χ1) is 8.49. The molecule has 0 saturated heterocycles. The van der Waals surface area contributed by atoms with Crippen LogP contribution in [-0.2, 0) is 12.0 Å². The molecule has 1 nitrogen and oxygen atoms in total. The quantitative estimate of drug-likeness (QED) is 0.877. The lowest BCUT2D eigenvalue weighted by Crippen LogP contribution is -2.24. The molecule has 1 N–H and O–H groups in total. The fourth-order valence-corrected chi connectivity index (χ4v) is 2.83. The van der Waals surface area contributed by atoms with E-state index in [2.05, 4.69) is 15.9 Å². The van der Waals surface area contributed by atoms with Gasteiger partial charge in [-0.15, -0.1) is 0 Å².